The van der Waals surface area contributed by atoms with Crippen LogP contribution in [0.3, 0.4) is 0 Å². The van der Waals surface area contributed by atoms with Gasteiger partial charge in [0.25, 0.3) is 0 Å². The number of nitrogens with one attached hydrogen (secondary N) is 1. The van der Waals surface area contributed by atoms with Crippen molar-refractivity contribution in [1.29, 1.82) is 0 Å². The van der Waals surface area contributed by atoms with Gasteiger partial charge >= 0.3 is 0 Å². The van der Waals surface area contributed by atoms with Crippen LogP contribution in [0.25, 0.3) is 11.0 Å². The fraction of sp³-hybridized carbons (Fsp3) is 0.160. The summed E-state index contributed by atoms with van der Waals surface area (Å²) in [7, 11) is -4.15. The Balaban J connectivity index is 1.84. The normalized spacial score (nSPS) is 11.5. The van der Waals surface area contributed by atoms with Crippen molar-refractivity contribution in [3.63, 3.8) is 0 Å². The molecule has 0 aliphatic heterocycles. The predicted octanol–water partition coefficient (Wildman–Crippen LogP) is 4.45. The molecule has 0 unspecified atom stereocenters. The van der Waals surface area contributed by atoms with E-state index in [9.17, 15) is 18.0 Å². The summed E-state index contributed by atoms with van der Waals surface area (Å²) in [4.78, 5) is 30.1. The molecule has 0 aliphatic rings. The second-order valence-corrected chi connectivity index (χ2v) is 10.4. The highest BCUT2D eigenvalue weighted by Crippen LogP contribution is 2.24. The van der Waals surface area contributed by atoms with Crippen LogP contribution in [-0.2, 0) is 21.2 Å². The number of nitrogens with zero attached hydrogens (tertiary/aromatic N) is 2. The van der Waals surface area contributed by atoms with Gasteiger partial charge in [-0.3, -0.25) is 9.59 Å². The second-order valence-electron chi connectivity index (χ2n) is 8.10. The van der Waals surface area contributed by atoms with Crippen molar-refractivity contribution in [2.24, 2.45) is 0 Å². The molecule has 1 N–H and O–H groups in total. The largest absolute Gasteiger partial charge is 0.325 e. The lowest BCUT2D eigenvalue weighted by molar-refractivity contribution is -0.116. The summed E-state index contributed by atoms with van der Waals surface area (Å²) in [6, 6.07) is 14.7. The highest BCUT2D eigenvalue weighted by atomic mass is 35.5. The van der Waals surface area contributed by atoms with Crippen LogP contribution < -0.4 is 10.7 Å². The van der Waals surface area contributed by atoms with Crippen LogP contribution in [0.2, 0.25) is 5.02 Å². The number of aryl methyl sites for hydroxylation is 3. The Morgan fingerprint density at radius 1 is 1.00 bits per heavy atom. The van der Waals surface area contributed by atoms with Gasteiger partial charge in [0, 0.05) is 22.6 Å². The van der Waals surface area contributed by atoms with Crippen LogP contribution in [0.15, 0.2) is 75.4 Å². The number of fused-ring (bicyclic) bond motifs is 1. The van der Waals surface area contributed by atoms with Crippen molar-refractivity contribution in [1.82, 2.24) is 9.55 Å². The Bertz CT molecular complexity index is 1590. The molecule has 2 heterocycles. The van der Waals surface area contributed by atoms with Crippen LogP contribution in [0.1, 0.15) is 16.8 Å². The number of hydrogen-bond acceptors (Lipinski definition) is 5. The number of hydrogen-bond donors (Lipinski definition) is 1. The number of anilines is 1. The molecule has 2 aromatic carbocycles. The fourth-order valence-electron chi connectivity index (χ4n) is 3.75. The summed E-state index contributed by atoms with van der Waals surface area (Å²) in [5.74, 6) is -0.412. The summed E-state index contributed by atoms with van der Waals surface area (Å²) in [6.45, 7) is 5.05. The van der Waals surface area contributed by atoms with E-state index >= 15 is 0 Å². The minimum Gasteiger partial charge on any atom is -0.325 e. The lowest BCUT2D eigenvalue weighted by Gasteiger charge is -2.15. The highest BCUT2D eigenvalue weighted by molar-refractivity contribution is 7.91. The number of carbonyl (C=O) groups is 1. The predicted molar refractivity (Wildman–Crippen MR) is 132 cm³/mol. The zero-order chi connectivity index (χ0) is 24.6. The Morgan fingerprint density at radius 3 is 2.38 bits per heavy atom. The quantitative estimate of drug-likeness (QED) is 0.441. The Hall–Kier alpha value is -3.49. The average molecular weight is 496 g/mol. The van der Waals surface area contributed by atoms with Crippen molar-refractivity contribution in [2.75, 3.05) is 5.32 Å². The zero-order valence-corrected chi connectivity index (χ0v) is 20.4. The maximum absolute atomic E-state index is 13.5. The number of carbonyl (C=O) groups excluding carboxylic acids is 1. The van der Waals surface area contributed by atoms with Crippen molar-refractivity contribution in [3.05, 3.63) is 92.9 Å². The van der Waals surface area contributed by atoms with E-state index in [2.05, 4.69) is 10.3 Å². The number of sulfone groups is 1. The monoisotopic (exact) mass is 495 g/mol. The third kappa shape index (κ3) is 4.60. The van der Waals surface area contributed by atoms with E-state index in [-0.39, 0.29) is 22.5 Å². The highest BCUT2D eigenvalue weighted by Gasteiger charge is 2.26. The molecule has 0 saturated carbocycles. The lowest BCUT2D eigenvalue weighted by atomic mass is 10.2. The number of rotatable bonds is 5. The summed E-state index contributed by atoms with van der Waals surface area (Å²) in [5, 5.41) is 3.40. The molecule has 7 nitrogen and oxygen atoms in total. The Kier molecular flexibility index (Phi) is 6.29. The van der Waals surface area contributed by atoms with Gasteiger partial charge < -0.3 is 9.88 Å². The van der Waals surface area contributed by atoms with Gasteiger partial charge in [-0.1, -0.05) is 29.3 Å². The first-order chi connectivity index (χ1) is 16.1. The smallest absolute Gasteiger partial charge is 0.244 e. The molecule has 9 heteroatoms. The Morgan fingerprint density at radius 2 is 1.71 bits per heavy atom. The number of amides is 1. The first-order valence-electron chi connectivity index (χ1n) is 10.4. The van der Waals surface area contributed by atoms with E-state index in [1.54, 1.807) is 56.3 Å². The maximum atomic E-state index is 13.5. The molecule has 174 valence electrons. The molecule has 1 amide bonds. The third-order valence-electron chi connectivity index (χ3n) is 5.38. The lowest BCUT2D eigenvalue weighted by Crippen LogP contribution is -2.24. The van der Waals surface area contributed by atoms with Crippen LogP contribution in [0.4, 0.5) is 5.69 Å². The molecule has 4 aromatic rings. The number of aromatic nitrogens is 2. The van der Waals surface area contributed by atoms with Crippen LogP contribution in [0, 0.1) is 20.8 Å². The molecule has 0 atom stereocenters. The van der Waals surface area contributed by atoms with Gasteiger partial charge in [0.2, 0.25) is 21.2 Å². The van der Waals surface area contributed by atoms with Gasteiger partial charge in [-0.2, -0.15) is 0 Å². The van der Waals surface area contributed by atoms with E-state index in [4.69, 9.17) is 11.6 Å². The summed E-state index contributed by atoms with van der Waals surface area (Å²) < 4.78 is 28.4. The van der Waals surface area contributed by atoms with E-state index in [1.165, 1.54) is 22.9 Å². The molecule has 0 fully saturated rings. The summed E-state index contributed by atoms with van der Waals surface area (Å²) in [5.41, 5.74) is 2.18. The van der Waals surface area contributed by atoms with E-state index < -0.39 is 26.1 Å². The molecule has 34 heavy (non-hydrogen) atoms. The van der Waals surface area contributed by atoms with Crippen molar-refractivity contribution < 1.29 is 13.2 Å². The van der Waals surface area contributed by atoms with Crippen LogP contribution in [0.5, 0.6) is 0 Å². The molecular weight excluding hydrogens is 474 g/mol. The van der Waals surface area contributed by atoms with Gasteiger partial charge in [0.05, 0.1) is 10.3 Å². The van der Waals surface area contributed by atoms with Crippen molar-refractivity contribution in [2.45, 2.75) is 37.1 Å². The minimum atomic E-state index is -4.15. The minimum absolute atomic E-state index is 0.0480. The van der Waals surface area contributed by atoms with Crippen molar-refractivity contribution >= 4 is 44.1 Å². The second kappa shape index (κ2) is 9.04. The van der Waals surface area contributed by atoms with Gasteiger partial charge in [0.15, 0.2) is 0 Å². The zero-order valence-electron chi connectivity index (χ0n) is 18.8. The first kappa shape index (κ1) is 23.7. The standard InChI is InChI=1S/C25H22ClN3O4S/c1-15-4-11-21(16(2)12-15)34(32,33)22-13-29(25-20(24(22)31)10-5-17(3)27-25)14-23(30)28-19-8-6-18(26)7-9-19/h4-13H,14H2,1-3H3,(H,28,30). The average Bonchev–Trinajstić information content (AvgIpc) is 2.76. The molecule has 0 spiro atoms. The van der Waals surface area contributed by atoms with Gasteiger partial charge in [0.1, 0.15) is 17.1 Å². The van der Waals surface area contributed by atoms with Gasteiger partial charge in [-0.05, 0) is 68.8 Å². The van der Waals surface area contributed by atoms with E-state index in [0.29, 0.717) is 22.0 Å². The molecule has 0 radical (unpaired) electrons. The fourth-order valence-corrected chi connectivity index (χ4v) is 5.47. The number of benzene rings is 2. The summed E-state index contributed by atoms with van der Waals surface area (Å²) in [6.07, 6.45) is 1.20. The van der Waals surface area contributed by atoms with Crippen molar-refractivity contribution in [3.8, 4) is 0 Å². The molecule has 4 rings (SSSR count). The Labute approximate surface area is 202 Å². The molecule has 0 bridgehead atoms. The van der Waals surface area contributed by atoms with Gasteiger partial charge in [-0.25, -0.2) is 13.4 Å². The van der Waals surface area contributed by atoms with E-state index in [0.717, 1.165) is 5.56 Å². The SMILES string of the molecule is Cc1ccc(S(=O)(=O)c2cn(CC(=O)Nc3ccc(Cl)cc3)c3nc(C)ccc3c2=O)c(C)c1. The first-order valence-corrected chi connectivity index (χ1v) is 12.3. The van der Waals surface area contributed by atoms with Crippen LogP contribution in [-0.4, -0.2) is 23.9 Å². The molecule has 2 aromatic heterocycles. The summed E-state index contributed by atoms with van der Waals surface area (Å²) >= 11 is 5.89. The number of halogens is 1. The van der Waals surface area contributed by atoms with Gasteiger partial charge in [-0.15, -0.1) is 0 Å². The van der Waals surface area contributed by atoms with Crippen LogP contribution >= 0.6 is 11.6 Å². The third-order valence-corrected chi connectivity index (χ3v) is 7.54. The van der Waals surface area contributed by atoms with E-state index in [1.807, 2.05) is 6.92 Å². The number of pyridine rings is 2. The molecule has 0 saturated heterocycles. The molecule has 0 aliphatic carbocycles. The maximum Gasteiger partial charge on any atom is 0.244 e. The topological polar surface area (TPSA) is 98.1 Å². The molecular formula is C25H22ClN3O4S.